The van der Waals surface area contributed by atoms with Gasteiger partial charge in [-0.3, -0.25) is 0 Å². The van der Waals surface area contributed by atoms with Gasteiger partial charge in [0.2, 0.25) is 0 Å². The van der Waals surface area contributed by atoms with E-state index in [4.69, 9.17) is 5.73 Å². The number of hydrogen-bond donors (Lipinski definition) is 1. The quantitative estimate of drug-likeness (QED) is 0.740. The van der Waals surface area contributed by atoms with Crippen molar-refractivity contribution in [3.8, 4) is 0 Å². The standard InChI is InChI=1S/C14H23FN2/c1-3-4-5-11-17(2)14-12(9-10-16)7-6-8-13(14)15/h6-8H,3-5,9-11,16H2,1-2H3. The summed E-state index contributed by atoms with van der Waals surface area (Å²) in [5, 5.41) is 0. The Labute approximate surface area is 104 Å². The van der Waals surface area contributed by atoms with Gasteiger partial charge in [-0.15, -0.1) is 0 Å². The fourth-order valence-electron chi connectivity index (χ4n) is 2.06. The first-order valence-corrected chi connectivity index (χ1v) is 6.39. The normalized spacial score (nSPS) is 10.6. The second-order valence-electron chi connectivity index (χ2n) is 4.41. The lowest BCUT2D eigenvalue weighted by Gasteiger charge is -2.23. The van der Waals surface area contributed by atoms with Crippen molar-refractivity contribution in [1.82, 2.24) is 0 Å². The van der Waals surface area contributed by atoms with E-state index >= 15 is 0 Å². The van der Waals surface area contributed by atoms with E-state index in [0.717, 1.165) is 24.9 Å². The Kier molecular flexibility index (Phi) is 5.98. The Bertz CT molecular complexity index is 339. The number of nitrogens with zero attached hydrogens (tertiary/aromatic N) is 1. The molecule has 0 fully saturated rings. The first kappa shape index (κ1) is 14.0. The number of para-hydroxylation sites is 1. The zero-order valence-electron chi connectivity index (χ0n) is 10.9. The number of hydrogen-bond acceptors (Lipinski definition) is 2. The van der Waals surface area contributed by atoms with Crippen LogP contribution < -0.4 is 10.6 Å². The molecule has 0 aromatic heterocycles. The predicted molar refractivity (Wildman–Crippen MR) is 72.0 cm³/mol. The van der Waals surface area contributed by atoms with Gasteiger partial charge in [-0.2, -0.15) is 0 Å². The van der Waals surface area contributed by atoms with Crippen LogP contribution in [0.2, 0.25) is 0 Å². The smallest absolute Gasteiger partial charge is 0.146 e. The van der Waals surface area contributed by atoms with Crippen molar-refractivity contribution in [3.63, 3.8) is 0 Å². The molecule has 1 aromatic carbocycles. The molecule has 0 atom stereocenters. The maximum atomic E-state index is 13.9. The van der Waals surface area contributed by atoms with E-state index in [9.17, 15) is 4.39 Å². The molecule has 0 saturated heterocycles. The largest absolute Gasteiger partial charge is 0.372 e. The third-order valence-corrected chi connectivity index (χ3v) is 2.96. The molecule has 0 unspecified atom stereocenters. The molecule has 2 N–H and O–H groups in total. The molecule has 0 aliphatic rings. The summed E-state index contributed by atoms with van der Waals surface area (Å²) in [7, 11) is 1.95. The maximum absolute atomic E-state index is 13.9. The van der Waals surface area contributed by atoms with Crippen LogP contribution in [0, 0.1) is 5.82 Å². The van der Waals surface area contributed by atoms with E-state index < -0.39 is 0 Å². The van der Waals surface area contributed by atoms with Crippen LogP contribution in [0.5, 0.6) is 0 Å². The number of anilines is 1. The Hall–Kier alpha value is -1.09. The molecule has 2 nitrogen and oxygen atoms in total. The van der Waals surface area contributed by atoms with E-state index in [1.807, 2.05) is 18.0 Å². The van der Waals surface area contributed by atoms with E-state index in [0.29, 0.717) is 12.2 Å². The molecule has 3 heteroatoms. The number of benzene rings is 1. The lowest BCUT2D eigenvalue weighted by molar-refractivity contribution is 0.614. The molecular formula is C14H23FN2. The number of halogens is 1. The first-order chi connectivity index (χ1) is 8.20. The summed E-state index contributed by atoms with van der Waals surface area (Å²) in [6, 6.07) is 5.23. The topological polar surface area (TPSA) is 29.3 Å². The average molecular weight is 238 g/mol. The molecule has 0 saturated carbocycles. The molecule has 0 radical (unpaired) electrons. The van der Waals surface area contributed by atoms with Crippen LogP contribution in [0.4, 0.5) is 10.1 Å². The molecule has 17 heavy (non-hydrogen) atoms. The summed E-state index contributed by atoms with van der Waals surface area (Å²) < 4.78 is 13.9. The molecule has 1 aromatic rings. The molecule has 0 heterocycles. The molecule has 0 bridgehead atoms. The Morgan fingerprint density at radius 2 is 2.06 bits per heavy atom. The highest BCUT2D eigenvalue weighted by Gasteiger charge is 2.11. The van der Waals surface area contributed by atoms with Crippen molar-refractivity contribution in [1.29, 1.82) is 0 Å². The van der Waals surface area contributed by atoms with Gasteiger partial charge in [0, 0.05) is 13.6 Å². The SMILES string of the molecule is CCCCCN(C)c1c(F)cccc1CCN. The highest BCUT2D eigenvalue weighted by atomic mass is 19.1. The maximum Gasteiger partial charge on any atom is 0.146 e. The third kappa shape index (κ3) is 4.00. The minimum absolute atomic E-state index is 0.144. The highest BCUT2D eigenvalue weighted by molar-refractivity contribution is 5.54. The van der Waals surface area contributed by atoms with Crippen LogP contribution in [0.25, 0.3) is 0 Å². The van der Waals surface area contributed by atoms with Crippen LogP contribution >= 0.6 is 0 Å². The van der Waals surface area contributed by atoms with Gasteiger partial charge in [0.05, 0.1) is 5.69 Å². The first-order valence-electron chi connectivity index (χ1n) is 6.39. The zero-order chi connectivity index (χ0) is 12.7. The number of unbranched alkanes of at least 4 members (excludes halogenated alkanes) is 2. The summed E-state index contributed by atoms with van der Waals surface area (Å²) in [5.74, 6) is -0.144. The summed E-state index contributed by atoms with van der Waals surface area (Å²) in [4.78, 5) is 2.01. The molecular weight excluding hydrogens is 215 g/mol. The van der Waals surface area contributed by atoms with Crippen LogP contribution in [-0.2, 0) is 6.42 Å². The molecule has 0 aliphatic heterocycles. The summed E-state index contributed by atoms with van der Waals surface area (Å²) >= 11 is 0. The van der Waals surface area contributed by atoms with Gasteiger partial charge in [0.25, 0.3) is 0 Å². The summed E-state index contributed by atoms with van der Waals surface area (Å²) in [6.45, 7) is 3.62. The summed E-state index contributed by atoms with van der Waals surface area (Å²) in [6.07, 6.45) is 4.19. The van der Waals surface area contributed by atoms with Crippen molar-refractivity contribution in [2.24, 2.45) is 5.73 Å². The van der Waals surface area contributed by atoms with Gasteiger partial charge < -0.3 is 10.6 Å². The van der Waals surface area contributed by atoms with Crippen molar-refractivity contribution >= 4 is 5.69 Å². The Morgan fingerprint density at radius 1 is 1.29 bits per heavy atom. The molecule has 0 amide bonds. The average Bonchev–Trinajstić information content (AvgIpc) is 2.30. The molecule has 0 aliphatic carbocycles. The number of nitrogens with two attached hydrogens (primary N) is 1. The third-order valence-electron chi connectivity index (χ3n) is 2.96. The second-order valence-corrected chi connectivity index (χ2v) is 4.41. The monoisotopic (exact) mass is 238 g/mol. The van der Waals surface area contributed by atoms with E-state index in [1.165, 1.54) is 18.9 Å². The van der Waals surface area contributed by atoms with Crippen LogP contribution in [0.15, 0.2) is 18.2 Å². The highest BCUT2D eigenvalue weighted by Crippen LogP contribution is 2.24. The van der Waals surface area contributed by atoms with Crippen molar-refractivity contribution in [3.05, 3.63) is 29.6 Å². The van der Waals surface area contributed by atoms with Crippen LogP contribution in [-0.4, -0.2) is 20.1 Å². The molecule has 96 valence electrons. The number of rotatable bonds is 7. The van der Waals surface area contributed by atoms with Gasteiger partial charge in [0.1, 0.15) is 5.82 Å². The van der Waals surface area contributed by atoms with Crippen molar-refractivity contribution < 1.29 is 4.39 Å². The molecule has 1 rings (SSSR count). The lowest BCUT2D eigenvalue weighted by Crippen LogP contribution is -2.22. The zero-order valence-corrected chi connectivity index (χ0v) is 10.9. The fraction of sp³-hybridized carbons (Fsp3) is 0.571. The second kappa shape index (κ2) is 7.28. The summed E-state index contributed by atoms with van der Waals surface area (Å²) in [5.41, 5.74) is 7.28. The van der Waals surface area contributed by atoms with Crippen molar-refractivity contribution in [2.75, 3.05) is 25.0 Å². The van der Waals surface area contributed by atoms with Gasteiger partial charge in [-0.1, -0.05) is 31.9 Å². The van der Waals surface area contributed by atoms with Gasteiger partial charge >= 0.3 is 0 Å². The Balaban J connectivity index is 2.78. The van der Waals surface area contributed by atoms with Crippen LogP contribution in [0.1, 0.15) is 31.7 Å². The molecule has 0 spiro atoms. The van der Waals surface area contributed by atoms with E-state index in [-0.39, 0.29) is 5.82 Å². The Morgan fingerprint density at radius 3 is 2.71 bits per heavy atom. The fourth-order valence-corrected chi connectivity index (χ4v) is 2.06. The minimum Gasteiger partial charge on any atom is -0.372 e. The van der Waals surface area contributed by atoms with Gasteiger partial charge in [-0.25, -0.2) is 4.39 Å². The van der Waals surface area contributed by atoms with Crippen molar-refractivity contribution in [2.45, 2.75) is 32.6 Å². The van der Waals surface area contributed by atoms with Gasteiger partial charge in [0.15, 0.2) is 0 Å². The van der Waals surface area contributed by atoms with Gasteiger partial charge in [-0.05, 0) is 31.0 Å². The predicted octanol–water partition coefficient (Wildman–Crippen LogP) is 2.95. The minimum atomic E-state index is -0.144. The van der Waals surface area contributed by atoms with E-state index in [1.54, 1.807) is 6.07 Å². The van der Waals surface area contributed by atoms with E-state index in [2.05, 4.69) is 6.92 Å². The lowest BCUT2D eigenvalue weighted by atomic mass is 10.1. The van der Waals surface area contributed by atoms with Crippen LogP contribution in [0.3, 0.4) is 0 Å².